The Morgan fingerprint density at radius 1 is 0.857 bits per heavy atom. The highest BCUT2D eigenvalue weighted by molar-refractivity contribution is 7.09. The van der Waals surface area contributed by atoms with E-state index in [1.54, 1.807) is 11.3 Å². The lowest BCUT2D eigenvalue weighted by Gasteiger charge is -2.24. The van der Waals surface area contributed by atoms with Gasteiger partial charge in [0.25, 0.3) is 5.91 Å². The van der Waals surface area contributed by atoms with Crippen molar-refractivity contribution in [3.05, 3.63) is 81.3 Å². The summed E-state index contributed by atoms with van der Waals surface area (Å²) < 4.78 is 8.44. The van der Waals surface area contributed by atoms with Gasteiger partial charge in [0.2, 0.25) is 5.51 Å². The van der Waals surface area contributed by atoms with Crippen LogP contribution in [-0.2, 0) is 18.5 Å². The number of rotatable bonds is 19. The van der Waals surface area contributed by atoms with Gasteiger partial charge in [-0.05, 0) is 54.2 Å². The lowest BCUT2D eigenvalue weighted by atomic mass is 9.85. The summed E-state index contributed by atoms with van der Waals surface area (Å²) in [5, 5.41) is 3.12. The summed E-state index contributed by atoms with van der Waals surface area (Å²) in [5.74, 6) is 0.919. The number of hydrogen-bond acceptors (Lipinski definition) is 3. The van der Waals surface area contributed by atoms with Crippen LogP contribution >= 0.6 is 11.3 Å². The molecular weight excluding hydrogens is 536 g/mol. The predicted molar refractivity (Wildman–Crippen MR) is 178 cm³/mol. The lowest BCUT2D eigenvalue weighted by Crippen LogP contribution is -2.31. The van der Waals surface area contributed by atoms with Crippen molar-refractivity contribution in [3.63, 3.8) is 0 Å². The highest BCUT2D eigenvalue weighted by atomic mass is 32.1. The fourth-order valence-electron chi connectivity index (χ4n) is 5.36. The van der Waals surface area contributed by atoms with Gasteiger partial charge in [-0.1, -0.05) is 128 Å². The van der Waals surface area contributed by atoms with Crippen molar-refractivity contribution in [2.24, 2.45) is 0 Å². The first-order valence-corrected chi connectivity index (χ1v) is 17.2. The van der Waals surface area contributed by atoms with E-state index in [4.69, 9.17) is 4.74 Å². The van der Waals surface area contributed by atoms with Crippen molar-refractivity contribution in [1.82, 2.24) is 5.32 Å². The number of nitrogens with zero attached hydrogens (tertiary/aromatic N) is 1. The molecule has 0 atom stereocenters. The first-order valence-electron chi connectivity index (χ1n) is 16.3. The molecule has 0 saturated heterocycles. The van der Waals surface area contributed by atoms with Crippen LogP contribution in [0.2, 0.25) is 0 Å². The molecular formula is C37H55N2O2S+. The van der Waals surface area contributed by atoms with Gasteiger partial charge in [-0.25, -0.2) is 0 Å². The number of amides is 1. The first-order chi connectivity index (χ1) is 20.3. The number of aryl methyl sites for hydroxylation is 1. The molecule has 2 aromatic carbocycles. The Balaban J connectivity index is 1.41. The fourth-order valence-corrected chi connectivity index (χ4v) is 5.99. The van der Waals surface area contributed by atoms with E-state index in [0.717, 1.165) is 36.4 Å². The Kier molecular flexibility index (Phi) is 14.6. The van der Waals surface area contributed by atoms with E-state index < -0.39 is 0 Å². The summed E-state index contributed by atoms with van der Waals surface area (Å²) in [6.45, 7) is 13.1. The molecule has 0 saturated carbocycles. The molecule has 42 heavy (non-hydrogen) atoms. The Morgan fingerprint density at radius 3 is 2.14 bits per heavy atom. The van der Waals surface area contributed by atoms with Crippen LogP contribution in [0, 0.1) is 6.92 Å². The smallest absolute Gasteiger partial charge is 0.251 e. The molecule has 3 rings (SSSR count). The second-order valence-electron chi connectivity index (χ2n) is 12.8. The predicted octanol–water partition coefficient (Wildman–Crippen LogP) is 9.70. The second kappa shape index (κ2) is 18.1. The SMILES string of the molecule is CCCCCCCCCCCCCCOc1ccc(CNC(=O)c2cccc(C[n+]3csc(C)c3)c2)cc1C(C)(C)C. The molecule has 0 fully saturated rings. The van der Waals surface area contributed by atoms with Gasteiger partial charge in [0.1, 0.15) is 5.75 Å². The molecule has 0 aliphatic heterocycles. The largest absolute Gasteiger partial charge is 0.493 e. The molecule has 0 radical (unpaired) electrons. The van der Waals surface area contributed by atoms with E-state index in [9.17, 15) is 4.79 Å². The second-order valence-corrected chi connectivity index (χ2v) is 13.9. The lowest BCUT2D eigenvalue weighted by molar-refractivity contribution is -0.683. The quantitative estimate of drug-likeness (QED) is 0.111. The number of benzene rings is 2. The Hall–Kier alpha value is -2.66. The van der Waals surface area contributed by atoms with Crippen LogP contribution in [0.5, 0.6) is 5.75 Å². The van der Waals surface area contributed by atoms with E-state index in [1.807, 2.05) is 18.2 Å². The van der Waals surface area contributed by atoms with Gasteiger partial charge in [0.05, 0.1) is 11.5 Å². The van der Waals surface area contributed by atoms with Crippen LogP contribution in [0.25, 0.3) is 0 Å². The third-order valence-electron chi connectivity index (χ3n) is 7.84. The molecule has 4 nitrogen and oxygen atoms in total. The van der Waals surface area contributed by atoms with Crippen molar-refractivity contribution in [1.29, 1.82) is 0 Å². The van der Waals surface area contributed by atoms with Crippen LogP contribution in [-0.4, -0.2) is 12.5 Å². The summed E-state index contributed by atoms with van der Waals surface area (Å²) in [7, 11) is 0. The van der Waals surface area contributed by atoms with Crippen LogP contribution in [0.3, 0.4) is 0 Å². The number of aromatic nitrogens is 1. The number of unbranched alkanes of at least 4 members (excludes halogenated alkanes) is 11. The molecule has 5 heteroatoms. The zero-order chi connectivity index (χ0) is 30.2. The van der Waals surface area contributed by atoms with E-state index >= 15 is 0 Å². The molecule has 1 amide bonds. The molecule has 1 N–H and O–H groups in total. The number of thiazole rings is 1. The average molecular weight is 592 g/mol. The topological polar surface area (TPSA) is 42.2 Å². The highest BCUT2D eigenvalue weighted by Crippen LogP contribution is 2.32. The van der Waals surface area contributed by atoms with Crippen LogP contribution < -0.4 is 14.6 Å². The van der Waals surface area contributed by atoms with Crippen molar-refractivity contribution >= 4 is 17.2 Å². The maximum Gasteiger partial charge on any atom is 0.251 e. The Morgan fingerprint density at radius 2 is 1.52 bits per heavy atom. The third kappa shape index (κ3) is 12.3. The minimum atomic E-state index is -0.0482. The maximum atomic E-state index is 13.0. The molecule has 0 aliphatic carbocycles. The molecule has 1 heterocycles. The first kappa shape index (κ1) is 33.8. The normalized spacial score (nSPS) is 11.5. The van der Waals surface area contributed by atoms with Crippen molar-refractivity contribution in [2.45, 2.75) is 130 Å². The van der Waals surface area contributed by atoms with E-state index in [2.05, 4.69) is 80.5 Å². The van der Waals surface area contributed by atoms with Crippen LogP contribution in [0.1, 0.15) is 137 Å². The van der Waals surface area contributed by atoms with Gasteiger partial charge < -0.3 is 10.1 Å². The highest BCUT2D eigenvalue weighted by Gasteiger charge is 2.20. The molecule has 3 aromatic rings. The maximum absolute atomic E-state index is 13.0. The zero-order valence-electron chi connectivity index (χ0n) is 27.0. The Labute approximate surface area is 259 Å². The number of nitrogens with one attached hydrogen (secondary N) is 1. The van der Waals surface area contributed by atoms with Gasteiger partial charge in [0.15, 0.2) is 12.7 Å². The van der Waals surface area contributed by atoms with Gasteiger partial charge in [-0.2, -0.15) is 4.57 Å². The molecule has 230 valence electrons. The minimum absolute atomic E-state index is 0.0438. The van der Waals surface area contributed by atoms with Crippen molar-refractivity contribution in [2.75, 3.05) is 6.61 Å². The molecule has 0 unspecified atom stereocenters. The van der Waals surface area contributed by atoms with E-state index in [1.165, 1.54) is 81.1 Å². The fraction of sp³-hybridized carbons (Fsp3) is 0.568. The number of carbonyl (C=O) groups excluding carboxylic acids is 1. The monoisotopic (exact) mass is 591 g/mol. The van der Waals surface area contributed by atoms with E-state index in [-0.39, 0.29) is 11.3 Å². The molecule has 0 bridgehead atoms. The van der Waals surface area contributed by atoms with Gasteiger partial charge >= 0.3 is 0 Å². The van der Waals surface area contributed by atoms with Crippen LogP contribution in [0.4, 0.5) is 0 Å². The summed E-state index contributed by atoms with van der Waals surface area (Å²) in [4.78, 5) is 14.3. The molecule has 0 spiro atoms. The van der Waals surface area contributed by atoms with Crippen molar-refractivity contribution < 1.29 is 14.1 Å². The summed E-state index contributed by atoms with van der Waals surface area (Å²) in [5.41, 5.74) is 6.16. The van der Waals surface area contributed by atoms with Gasteiger partial charge in [-0.3, -0.25) is 4.79 Å². The average Bonchev–Trinajstić information content (AvgIpc) is 3.38. The number of hydrogen-bond donors (Lipinski definition) is 1. The Bertz CT molecular complexity index is 1210. The standard InChI is InChI=1S/C37H54N2O2S/c1-6-7-8-9-10-11-12-13-14-15-16-17-23-41-35-22-21-31(25-34(35)37(3,4)5)26-38-36(40)33-20-18-19-32(24-33)28-39-27-30(2)42-29-39/h18-22,24-25,27,29H,6-17,23,26,28H2,1-5H3/p+1. The summed E-state index contributed by atoms with van der Waals surface area (Å²) in [6, 6.07) is 14.3. The summed E-state index contributed by atoms with van der Waals surface area (Å²) >= 11 is 1.73. The third-order valence-corrected chi connectivity index (χ3v) is 8.69. The minimum Gasteiger partial charge on any atom is -0.493 e. The molecule has 1 aromatic heterocycles. The van der Waals surface area contributed by atoms with Crippen molar-refractivity contribution in [3.8, 4) is 5.75 Å². The van der Waals surface area contributed by atoms with Crippen LogP contribution in [0.15, 0.2) is 54.2 Å². The van der Waals surface area contributed by atoms with Gasteiger partial charge in [0, 0.05) is 17.7 Å². The zero-order valence-corrected chi connectivity index (χ0v) is 27.8. The number of ether oxygens (including phenoxy) is 1. The van der Waals surface area contributed by atoms with E-state index in [0.29, 0.717) is 12.1 Å². The number of carbonyl (C=O) groups is 1. The van der Waals surface area contributed by atoms with Gasteiger partial charge in [-0.15, -0.1) is 0 Å². The molecule has 0 aliphatic rings. The summed E-state index contributed by atoms with van der Waals surface area (Å²) in [6.07, 6.45) is 18.3.